The Balaban J connectivity index is 0.000000173. The summed E-state index contributed by atoms with van der Waals surface area (Å²) >= 11 is 1.60. The number of pyridine rings is 1. The fourth-order valence-electron chi connectivity index (χ4n) is 7.51. The molecule has 1 aliphatic heterocycles. The molecule has 36 heteroatoms. The maximum atomic E-state index is 5.23. The summed E-state index contributed by atoms with van der Waals surface area (Å²) in [6.07, 6.45) is 30.3. The molecule has 0 saturated carbocycles. The van der Waals surface area contributed by atoms with Crippen molar-refractivity contribution in [2.45, 2.75) is 39.1 Å². The molecule has 88 heavy (non-hydrogen) atoms. The minimum atomic E-state index is 0. The number of imidazole rings is 4. The number of aliphatic imine (C=N–C) groups is 1. The van der Waals surface area contributed by atoms with E-state index >= 15 is 0 Å². The first-order chi connectivity index (χ1) is 41.1. The molecule has 0 bridgehead atoms. The summed E-state index contributed by atoms with van der Waals surface area (Å²) in [4.78, 5) is 80.3. The van der Waals surface area contributed by atoms with E-state index < -0.39 is 0 Å². The maximum absolute atomic E-state index is 5.23. The quantitative estimate of drug-likeness (QED) is 0.0447. The van der Waals surface area contributed by atoms with Gasteiger partial charge in [-0.05, 0) is 66.7 Å². The summed E-state index contributed by atoms with van der Waals surface area (Å²) in [6.45, 7) is 2.99. The Morgan fingerprint density at radius 3 is 1.43 bits per heavy atom. The van der Waals surface area contributed by atoms with Crippen LogP contribution in [0.3, 0.4) is 0 Å². The van der Waals surface area contributed by atoms with Crippen LogP contribution in [-0.2, 0) is 203 Å². The Kier molecular flexibility index (Phi) is 30.0. The molecule has 0 fully saturated rings. The number of ether oxygens (including phenoxy) is 1. The maximum Gasteiger partial charge on any atom is 0.281 e. The molecule has 0 aliphatic carbocycles. The van der Waals surface area contributed by atoms with Gasteiger partial charge in [-0.2, -0.15) is 0 Å². The second-order valence-electron chi connectivity index (χ2n) is 16.7. The standard InChI is InChI=1S/C11H9N6.C11H10N5O2.C11H9N4O.C10H8N5O.C9H7N6S.5Y/c1-3-12-4-2-8(1)5-13-10-9-11(15-6-14-9)17-7-16-10;1-17-11-15-8-9(13-6-14-10(8)16-11)12-5-7-3-2-4-18-7;1-2-8(16-5-1)6-13-11-9-3-4-12-10(9)14-7-15-11;1-2-7(16-3-1)4-11-9-8-10(13-5-12-8)15-6-14-9;1-2-16-6(10-1)3-11-8-7-9(13-4-12-7)15-5-14-8;;;;;/h1-4,6H,5H2,(H2,13,14,15,16,17);2-4H,5H2,1H3,(H2,12,13,14,15,16);1-2,4-5H,3,6H2,(H,13,14,15);1-3,5H,4H2,(H2,11,12,13,14,15);1-2,4H,3H2,(H2,11,12,13,14,15);;;;;/q5*-1;;;;;. The Hall–Kier alpha value is -6.11. The van der Waals surface area contributed by atoms with Crippen LogP contribution in [0.5, 0.6) is 6.01 Å². The van der Waals surface area contributed by atoms with Gasteiger partial charge in [0.1, 0.15) is 22.3 Å². The van der Waals surface area contributed by atoms with Crippen molar-refractivity contribution >= 4 is 97.1 Å². The van der Waals surface area contributed by atoms with Gasteiger partial charge in [-0.1, -0.05) is 5.56 Å². The first kappa shape index (κ1) is 71.0. The zero-order valence-corrected chi connectivity index (χ0v) is 61.3. The molecule has 5 radical (unpaired) electrons. The number of methoxy groups -OCH3 is 1. The monoisotopic (exact) mass is 1570 g/mol. The topological polar surface area (TPSA) is 391 Å². The number of hydrogen-bond donors (Lipinski definition) is 9. The number of furan rings is 3. The fourth-order valence-corrected chi connectivity index (χ4v) is 8.07. The Morgan fingerprint density at radius 2 is 0.955 bits per heavy atom. The van der Waals surface area contributed by atoms with Crippen molar-refractivity contribution in [3.63, 3.8) is 0 Å². The number of thiazole rings is 1. The summed E-state index contributed by atoms with van der Waals surface area (Å²) in [5.41, 5.74) is 7.49. The molecule has 0 amide bonds. The van der Waals surface area contributed by atoms with Crippen LogP contribution in [0, 0.1) is 31.6 Å². The molecule has 30 nitrogen and oxygen atoms in total. The summed E-state index contributed by atoms with van der Waals surface area (Å²) in [5.74, 6) is 6.66. The predicted molar refractivity (Wildman–Crippen MR) is 300 cm³/mol. The van der Waals surface area contributed by atoms with Crippen LogP contribution in [-0.4, -0.2) is 113 Å². The average molecular weight is 1570 g/mol. The van der Waals surface area contributed by atoms with Crippen LogP contribution in [0.25, 0.3) is 44.7 Å². The smallest absolute Gasteiger partial charge is 0.281 e. The molecule has 14 aromatic heterocycles. The normalized spacial score (nSPS) is 10.5. The predicted octanol–water partition coefficient (Wildman–Crippen LogP) is 6.83. The van der Waals surface area contributed by atoms with E-state index in [2.05, 4.69) is 163 Å². The first-order valence-corrected chi connectivity index (χ1v) is 25.7. The van der Waals surface area contributed by atoms with Crippen molar-refractivity contribution in [3.05, 3.63) is 175 Å². The van der Waals surface area contributed by atoms with E-state index in [1.54, 1.807) is 67.7 Å². The third kappa shape index (κ3) is 19.7. The first-order valence-electron chi connectivity index (χ1n) is 24.8. The molecule has 0 aromatic carbocycles. The molecule has 14 aromatic rings. The van der Waals surface area contributed by atoms with E-state index in [0.717, 1.165) is 62.2 Å². The van der Waals surface area contributed by atoms with Crippen molar-refractivity contribution < 1.29 is 182 Å². The molecule has 1 aliphatic rings. The number of anilines is 5. The number of aromatic amines is 4. The number of rotatable bonds is 16. The Bertz CT molecular complexity index is 4140. The number of hydrogen-bond acceptors (Lipinski definition) is 27. The third-order valence-electron chi connectivity index (χ3n) is 11.4. The summed E-state index contributed by atoms with van der Waals surface area (Å²) < 4.78 is 20.7. The van der Waals surface area contributed by atoms with E-state index in [9.17, 15) is 0 Å². The van der Waals surface area contributed by atoms with Crippen LogP contribution in [0.4, 0.5) is 34.9 Å². The van der Waals surface area contributed by atoms with Crippen LogP contribution in [0.1, 0.15) is 33.4 Å². The second kappa shape index (κ2) is 37.1. The minimum Gasteiger partial charge on any atom is -0.469 e. The van der Waals surface area contributed by atoms with Gasteiger partial charge in [-0.15, -0.1) is 11.3 Å². The van der Waals surface area contributed by atoms with E-state index in [-0.39, 0.29) is 164 Å². The van der Waals surface area contributed by atoms with E-state index in [1.807, 2.05) is 60.1 Å². The zero-order valence-electron chi connectivity index (χ0n) is 46.2. The minimum absolute atomic E-state index is 0. The number of fused-ring (bicyclic) bond motifs is 5. The SMILES string of the molecule is COc1nc2n[c-]nc(NCc3ccco3)c2[nH]1.[Y].[Y].[Y].[Y].[Y].[c-]1nc(NCc2ccco2)c2[nH]cnc2n1.[c-]1nc(NCc2ccncc2)c2[nH]cnc2n1.[c-]1nc(NCc2nccs2)c2[nH]cnc2n1.[c-]1nc2c(c(NCc3ccco3)n1)CC=N2. The molecule has 0 unspecified atom stereocenters. The number of nitrogens with one attached hydrogen (secondary N) is 9. The van der Waals surface area contributed by atoms with E-state index in [4.69, 9.17) is 18.0 Å². The van der Waals surface area contributed by atoms with Crippen LogP contribution in [0.2, 0.25) is 0 Å². The van der Waals surface area contributed by atoms with Crippen LogP contribution >= 0.6 is 11.3 Å². The Morgan fingerprint density at radius 1 is 0.500 bits per heavy atom. The molecule has 9 N–H and O–H groups in total. The van der Waals surface area contributed by atoms with Crippen LogP contribution < -0.4 is 31.3 Å². The molecular weight excluding hydrogens is 1530 g/mol. The van der Waals surface area contributed by atoms with Gasteiger partial charge in [0, 0.05) is 283 Å². The fraction of sp³-hybridized carbons (Fsp3) is 0.135. The Labute approximate surface area is 629 Å². The molecule has 0 saturated heterocycles. The zero-order chi connectivity index (χ0) is 56.3. The van der Waals surface area contributed by atoms with Gasteiger partial charge in [0.05, 0.1) is 93.6 Å². The van der Waals surface area contributed by atoms with E-state index in [0.29, 0.717) is 95.9 Å². The number of nitrogens with zero attached hydrogens (tertiary/aromatic N) is 17. The van der Waals surface area contributed by atoms with Gasteiger partial charge in [0.2, 0.25) is 0 Å². The molecule has 0 spiro atoms. The van der Waals surface area contributed by atoms with Gasteiger partial charge in [-0.25, -0.2) is 9.97 Å². The van der Waals surface area contributed by atoms with Crippen molar-refractivity contribution in [2.75, 3.05) is 33.7 Å². The molecule has 431 valence electrons. The van der Waals surface area contributed by atoms with Gasteiger partial charge in [0.15, 0.2) is 0 Å². The second-order valence-corrected chi connectivity index (χ2v) is 17.7. The summed E-state index contributed by atoms with van der Waals surface area (Å²) in [5, 5.41) is 18.8. The van der Waals surface area contributed by atoms with Crippen molar-refractivity contribution in [3.8, 4) is 6.01 Å². The van der Waals surface area contributed by atoms with Gasteiger partial charge in [-0.3, -0.25) is 19.9 Å². The van der Waals surface area contributed by atoms with Crippen molar-refractivity contribution in [1.82, 2.24) is 99.7 Å². The van der Waals surface area contributed by atoms with Crippen molar-refractivity contribution in [1.29, 1.82) is 0 Å². The molecule has 0 atom stereocenters. The van der Waals surface area contributed by atoms with Gasteiger partial charge < -0.3 is 119 Å². The number of aromatic nitrogens is 20. The van der Waals surface area contributed by atoms with Crippen molar-refractivity contribution in [2.24, 2.45) is 4.99 Å². The largest absolute Gasteiger partial charge is 0.469 e. The van der Waals surface area contributed by atoms with E-state index in [1.165, 1.54) is 7.11 Å². The molecule has 15 heterocycles. The molecule has 15 rings (SSSR count). The van der Waals surface area contributed by atoms with Crippen LogP contribution in [0.15, 0.2) is 129 Å². The third-order valence-corrected chi connectivity index (χ3v) is 12.2. The molecular formula is C52H43N26O4SY5-5. The summed E-state index contributed by atoms with van der Waals surface area (Å²) in [7, 11) is 1.53. The average Bonchev–Trinajstić information content (AvgIpc) is 4.39. The van der Waals surface area contributed by atoms with Gasteiger partial charge >= 0.3 is 0 Å². The van der Waals surface area contributed by atoms with Gasteiger partial charge in [0.25, 0.3) is 6.01 Å². The summed E-state index contributed by atoms with van der Waals surface area (Å²) in [6, 6.07) is 15.5. The number of H-pyrrole nitrogens is 4.